The fraction of sp³-hybridized carbons (Fsp3) is 0.400. The lowest BCUT2D eigenvalue weighted by Crippen LogP contribution is -2.14. The lowest BCUT2D eigenvalue weighted by molar-refractivity contribution is 0.307. The molecule has 0 aromatic heterocycles. The number of halogens is 3. The second-order valence-corrected chi connectivity index (χ2v) is 8.35. The Kier molecular flexibility index (Phi) is 5.50. The zero-order chi connectivity index (χ0) is 20.5. The summed E-state index contributed by atoms with van der Waals surface area (Å²) < 4.78 is 43.8. The second kappa shape index (κ2) is 8.06. The monoisotopic (exact) mass is 395 g/mol. The van der Waals surface area contributed by atoms with Crippen molar-refractivity contribution >= 4 is 11.6 Å². The third-order valence-corrected chi connectivity index (χ3v) is 6.46. The van der Waals surface area contributed by atoms with Gasteiger partial charge in [0.2, 0.25) is 0 Å². The van der Waals surface area contributed by atoms with E-state index in [2.05, 4.69) is 6.92 Å². The van der Waals surface area contributed by atoms with Crippen molar-refractivity contribution in [3.8, 4) is 6.07 Å². The standard InChI is InChI=1S/C25H24F3N/c1-2-3-15-4-6-16(7-5-15)19-12-23(27)25(24(28)13-19)20-8-17-10-21(14-29)22(26)11-18(17)9-20/h8,10-13,15-16H,2-7,9H2,1H3. The lowest BCUT2D eigenvalue weighted by Gasteiger charge is -2.29. The van der Waals surface area contributed by atoms with E-state index in [4.69, 9.17) is 5.26 Å². The van der Waals surface area contributed by atoms with Gasteiger partial charge in [-0.05, 0) is 90.5 Å². The maximum absolute atomic E-state index is 15.0. The van der Waals surface area contributed by atoms with E-state index in [1.54, 1.807) is 12.1 Å². The molecule has 2 aliphatic carbocycles. The molecule has 0 unspecified atom stereocenters. The van der Waals surface area contributed by atoms with Crippen molar-refractivity contribution in [2.45, 2.75) is 57.8 Å². The highest BCUT2D eigenvalue weighted by Crippen LogP contribution is 2.40. The zero-order valence-electron chi connectivity index (χ0n) is 16.6. The van der Waals surface area contributed by atoms with Gasteiger partial charge in [0.25, 0.3) is 0 Å². The topological polar surface area (TPSA) is 23.8 Å². The Hall–Kier alpha value is -2.54. The summed E-state index contributed by atoms with van der Waals surface area (Å²) in [5.41, 5.74) is 2.43. The number of nitrogens with zero attached hydrogens (tertiary/aromatic N) is 1. The minimum absolute atomic E-state index is 0.0384. The maximum atomic E-state index is 15.0. The third kappa shape index (κ3) is 3.83. The van der Waals surface area contributed by atoms with E-state index in [1.165, 1.54) is 37.1 Å². The van der Waals surface area contributed by atoms with Crippen LogP contribution in [0.3, 0.4) is 0 Å². The van der Waals surface area contributed by atoms with E-state index in [0.717, 1.165) is 37.2 Å². The Labute approximate surface area is 169 Å². The molecule has 2 aromatic carbocycles. The Morgan fingerprint density at radius 2 is 1.66 bits per heavy atom. The van der Waals surface area contributed by atoms with Gasteiger partial charge in [-0.25, -0.2) is 13.2 Å². The average molecular weight is 395 g/mol. The van der Waals surface area contributed by atoms with Gasteiger partial charge in [-0.3, -0.25) is 0 Å². The molecule has 150 valence electrons. The third-order valence-electron chi connectivity index (χ3n) is 6.46. The highest BCUT2D eigenvalue weighted by atomic mass is 19.1. The first-order chi connectivity index (χ1) is 14.0. The molecule has 0 N–H and O–H groups in total. The summed E-state index contributed by atoms with van der Waals surface area (Å²) in [6.07, 6.45) is 8.54. The molecular formula is C25H24F3N. The number of benzene rings is 2. The molecule has 0 amide bonds. The SMILES string of the molecule is CCCC1CCC(c2cc(F)c(C3=Cc4cc(C#N)c(F)cc4C3)c(F)c2)CC1. The fourth-order valence-corrected chi connectivity index (χ4v) is 4.94. The summed E-state index contributed by atoms with van der Waals surface area (Å²) in [6.45, 7) is 2.20. The van der Waals surface area contributed by atoms with Crippen LogP contribution in [0.4, 0.5) is 13.2 Å². The molecule has 4 rings (SSSR count). The van der Waals surface area contributed by atoms with Gasteiger partial charge >= 0.3 is 0 Å². The van der Waals surface area contributed by atoms with E-state index in [-0.39, 0.29) is 23.5 Å². The number of fused-ring (bicyclic) bond motifs is 1. The van der Waals surface area contributed by atoms with Crippen molar-refractivity contribution < 1.29 is 13.2 Å². The maximum Gasteiger partial charge on any atom is 0.141 e. The van der Waals surface area contributed by atoms with E-state index in [0.29, 0.717) is 16.7 Å². The van der Waals surface area contributed by atoms with E-state index in [1.807, 2.05) is 0 Å². The number of hydrogen-bond donors (Lipinski definition) is 0. The van der Waals surface area contributed by atoms with E-state index >= 15 is 0 Å². The summed E-state index contributed by atoms with van der Waals surface area (Å²) in [5, 5.41) is 8.99. The summed E-state index contributed by atoms with van der Waals surface area (Å²) in [6, 6.07) is 7.49. The normalized spacial score (nSPS) is 20.9. The van der Waals surface area contributed by atoms with Crippen molar-refractivity contribution in [3.63, 3.8) is 0 Å². The van der Waals surface area contributed by atoms with Crippen molar-refractivity contribution in [2.75, 3.05) is 0 Å². The molecule has 0 saturated heterocycles. The first kappa shape index (κ1) is 19.8. The molecule has 0 heterocycles. The van der Waals surface area contributed by atoms with Gasteiger partial charge in [0.15, 0.2) is 0 Å². The highest BCUT2D eigenvalue weighted by Gasteiger charge is 2.26. The molecule has 0 radical (unpaired) electrons. The van der Waals surface area contributed by atoms with Crippen molar-refractivity contribution in [2.24, 2.45) is 5.92 Å². The van der Waals surface area contributed by atoms with Crippen molar-refractivity contribution in [1.82, 2.24) is 0 Å². The van der Waals surface area contributed by atoms with Gasteiger partial charge in [-0.2, -0.15) is 5.26 Å². The first-order valence-corrected chi connectivity index (χ1v) is 10.4. The summed E-state index contributed by atoms with van der Waals surface area (Å²) >= 11 is 0. The molecule has 0 atom stereocenters. The smallest absolute Gasteiger partial charge is 0.141 e. The van der Waals surface area contributed by atoms with Crippen LogP contribution < -0.4 is 0 Å². The van der Waals surface area contributed by atoms with Crippen LogP contribution >= 0.6 is 0 Å². The Morgan fingerprint density at radius 1 is 0.966 bits per heavy atom. The molecule has 0 aliphatic heterocycles. The van der Waals surface area contributed by atoms with Crippen LogP contribution in [0.25, 0.3) is 11.6 Å². The van der Waals surface area contributed by atoms with E-state index in [9.17, 15) is 13.2 Å². The zero-order valence-corrected chi connectivity index (χ0v) is 16.6. The summed E-state index contributed by atoms with van der Waals surface area (Å²) in [5.74, 6) is -0.767. The van der Waals surface area contributed by atoms with Gasteiger partial charge < -0.3 is 0 Å². The van der Waals surface area contributed by atoms with Crippen molar-refractivity contribution in [1.29, 1.82) is 5.26 Å². The Balaban J connectivity index is 1.58. The number of hydrogen-bond acceptors (Lipinski definition) is 1. The van der Waals surface area contributed by atoms with Crippen LogP contribution in [0.15, 0.2) is 24.3 Å². The molecule has 0 bridgehead atoms. The molecule has 0 spiro atoms. The molecule has 2 aromatic rings. The second-order valence-electron chi connectivity index (χ2n) is 8.35. The van der Waals surface area contributed by atoms with Crippen LogP contribution in [0.1, 0.15) is 79.2 Å². The molecule has 1 saturated carbocycles. The Bertz CT molecular complexity index is 984. The predicted molar refractivity (Wildman–Crippen MR) is 109 cm³/mol. The van der Waals surface area contributed by atoms with Crippen LogP contribution in [0.2, 0.25) is 0 Å². The van der Waals surface area contributed by atoms with Crippen LogP contribution in [0.5, 0.6) is 0 Å². The fourth-order valence-electron chi connectivity index (χ4n) is 4.94. The molecule has 2 aliphatic rings. The number of nitriles is 1. The van der Waals surface area contributed by atoms with Crippen LogP contribution in [0, 0.1) is 34.7 Å². The molecule has 1 fully saturated rings. The summed E-state index contributed by atoms with van der Waals surface area (Å²) in [7, 11) is 0. The lowest BCUT2D eigenvalue weighted by atomic mass is 9.77. The van der Waals surface area contributed by atoms with Gasteiger partial charge in [0.1, 0.15) is 23.5 Å². The largest absolute Gasteiger partial charge is 0.206 e. The number of allylic oxidation sites excluding steroid dienone is 1. The van der Waals surface area contributed by atoms with Gasteiger partial charge in [-0.1, -0.05) is 25.8 Å². The summed E-state index contributed by atoms with van der Waals surface area (Å²) in [4.78, 5) is 0. The minimum atomic E-state index is -0.601. The van der Waals surface area contributed by atoms with Gasteiger partial charge in [0, 0.05) is 5.56 Å². The highest BCUT2D eigenvalue weighted by molar-refractivity contribution is 5.89. The molecule has 29 heavy (non-hydrogen) atoms. The molecular weight excluding hydrogens is 371 g/mol. The molecule has 4 heteroatoms. The van der Waals surface area contributed by atoms with Gasteiger partial charge in [-0.15, -0.1) is 0 Å². The Morgan fingerprint density at radius 3 is 2.28 bits per heavy atom. The first-order valence-electron chi connectivity index (χ1n) is 10.4. The van der Waals surface area contributed by atoms with Gasteiger partial charge in [0.05, 0.1) is 5.56 Å². The number of rotatable bonds is 4. The minimum Gasteiger partial charge on any atom is -0.206 e. The predicted octanol–water partition coefficient (Wildman–Crippen LogP) is 7.15. The van der Waals surface area contributed by atoms with E-state index < -0.39 is 17.5 Å². The van der Waals surface area contributed by atoms with Crippen LogP contribution in [-0.4, -0.2) is 0 Å². The van der Waals surface area contributed by atoms with Crippen LogP contribution in [-0.2, 0) is 6.42 Å². The average Bonchev–Trinajstić information content (AvgIpc) is 3.09. The molecule has 1 nitrogen and oxygen atoms in total. The van der Waals surface area contributed by atoms with Crippen molar-refractivity contribution in [3.05, 3.63) is 69.5 Å². The quantitative estimate of drug-likeness (QED) is 0.539.